The van der Waals surface area contributed by atoms with Gasteiger partial charge in [-0.1, -0.05) is 24.3 Å². The Hall–Kier alpha value is -3.38. The van der Waals surface area contributed by atoms with E-state index in [-0.39, 0.29) is 0 Å². The van der Waals surface area contributed by atoms with Gasteiger partial charge in [0.05, 0.1) is 11.2 Å². The van der Waals surface area contributed by atoms with Crippen LogP contribution in [-0.2, 0) is 18.0 Å². The Balaban J connectivity index is 1.79. The van der Waals surface area contributed by atoms with Gasteiger partial charge in [0.1, 0.15) is 19.1 Å². The second-order valence-electron chi connectivity index (χ2n) is 6.78. The van der Waals surface area contributed by atoms with Crippen LogP contribution in [0.15, 0.2) is 60.8 Å². The van der Waals surface area contributed by atoms with Gasteiger partial charge in [-0.2, -0.15) is 0 Å². The number of hydrogen-bond donors (Lipinski definition) is 1. The minimum atomic E-state index is -0.482. The Morgan fingerprint density at radius 2 is 1.86 bits per heavy atom. The predicted octanol–water partition coefficient (Wildman–Crippen LogP) is 5.36. The molecule has 0 unspecified atom stereocenters. The Morgan fingerprint density at radius 1 is 1.03 bits per heavy atom. The molecule has 0 radical (unpaired) electrons. The van der Waals surface area contributed by atoms with Crippen molar-refractivity contribution in [2.45, 2.75) is 20.2 Å². The number of pyridine rings is 1. The summed E-state index contributed by atoms with van der Waals surface area (Å²) in [6, 6.07) is 17.2. The highest BCUT2D eigenvalue weighted by atomic mass is 19.1. The fraction of sp³-hybridized carbons (Fsp3) is 0.174. The minimum absolute atomic E-state index is 0.304. The number of ether oxygens (including phenoxy) is 1. The maximum absolute atomic E-state index is 12.8. The van der Waals surface area contributed by atoms with Crippen molar-refractivity contribution in [3.63, 3.8) is 0 Å². The summed E-state index contributed by atoms with van der Waals surface area (Å²) >= 11 is 0. The standard InChI is InChI=1S/C23H21FN4O/c1-15-4-3-11-25-22(15)17-7-10-19-20(12-17)27-21(14-29-2)28-23(19)26-18-8-5-16(13-24)6-9-18/h3-12H,13-14H2,1-2H3,(H,26,27,28). The first-order valence-electron chi connectivity index (χ1n) is 9.31. The number of hydrogen-bond acceptors (Lipinski definition) is 5. The van der Waals surface area contributed by atoms with Gasteiger partial charge in [0, 0.05) is 29.9 Å². The van der Waals surface area contributed by atoms with Gasteiger partial charge in [-0.3, -0.25) is 4.98 Å². The van der Waals surface area contributed by atoms with E-state index in [4.69, 9.17) is 4.74 Å². The van der Waals surface area contributed by atoms with Gasteiger partial charge < -0.3 is 10.1 Å². The number of nitrogens with one attached hydrogen (secondary N) is 1. The number of methoxy groups -OCH3 is 1. The monoisotopic (exact) mass is 388 g/mol. The summed E-state index contributed by atoms with van der Waals surface area (Å²) in [4.78, 5) is 13.8. The van der Waals surface area contributed by atoms with Crippen molar-refractivity contribution in [1.29, 1.82) is 0 Å². The largest absolute Gasteiger partial charge is 0.377 e. The van der Waals surface area contributed by atoms with E-state index in [0.29, 0.717) is 23.8 Å². The summed E-state index contributed by atoms with van der Waals surface area (Å²) in [6.45, 7) is 1.86. The average Bonchev–Trinajstić information content (AvgIpc) is 2.74. The summed E-state index contributed by atoms with van der Waals surface area (Å²) in [5, 5.41) is 4.21. The molecule has 29 heavy (non-hydrogen) atoms. The number of aromatic nitrogens is 3. The Kier molecular flexibility index (Phi) is 5.44. The Labute approximate surface area is 168 Å². The first-order chi connectivity index (χ1) is 14.2. The second-order valence-corrected chi connectivity index (χ2v) is 6.78. The molecule has 0 saturated heterocycles. The minimum Gasteiger partial charge on any atom is -0.377 e. The summed E-state index contributed by atoms with van der Waals surface area (Å²) < 4.78 is 18.0. The number of benzene rings is 2. The molecule has 0 aliphatic carbocycles. The Morgan fingerprint density at radius 3 is 2.59 bits per heavy atom. The number of alkyl halides is 1. The van der Waals surface area contributed by atoms with Gasteiger partial charge in [-0.05, 0) is 48.4 Å². The number of rotatable bonds is 6. The molecule has 5 nitrogen and oxygen atoms in total. The van der Waals surface area contributed by atoms with Gasteiger partial charge >= 0.3 is 0 Å². The van der Waals surface area contributed by atoms with Gasteiger partial charge in [-0.15, -0.1) is 0 Å². The normalized spacial score (nSPS) is 11.0. The van der Waals surface area contributed by atoms with E-state index in [9.17, 15) is 4.39 Å². The first-order valence-corrected chi connectivity index (χ1v) is 9.31. The lowest BCUT2D eigenvalue weighted by Crippen LogP contribution is -2.03. The van der Waals surface area contributed by atoms with Crippen molar-refractivity contribution >= 4 is 22.4 Å². The van der Waals surface area contributed by atoms with E-state index in [1.54, 1.807) is 25.4 Å². The highest BCUT2D eigenvalue weighted by Crippen LogP contribution is 2.29. The third-order valence-electron chi connectivity index (χ3n) is 4.67. The van der Waals surface area contributed by atoms with Crippen LogP contribution in [0.4, 0.5) is 15.9 Å². The van der Waals surface area contributed by atoms with Gasteiger partial charge in [0.15, 0.2) is 5.82 Å². The van der Waals surface area contributed by atoms with Gasteiger partial charge in [-0.25, -0.2) is 14.4 Å². The zero-order valence-electron chi connectivity index (χ0n) is 16.3. The quantitative estimate of drug-likeness (QED) is 0.482. The number of anilines is 2. The number of halogens is 1. The van der Waals surface area contributed by atoms with E-state index in [2.05, 4.69) is 20.3 Å². The fourth-order valence-electron chi connectivity index (χ4n) is 3.22. The molecule has 1 N–H and O–H groups in total. The molecule has 146 valence electrons. The van der Waals surface area contributed by atoms with Crippen LogP contribution in [0, 0.1) is 6.92 Å². The summed E-state index contributed by atoms with van der Waals surface area (Å²) in [6.07, 6.45) is 1.79. The van der Waals surface area contributed by atoms with Crippen LogP contribution in [0.2, 0.25) is 0 Å². The molecule has 0 aliphatic rings. The SMILES string of the molecule is COCc1nc(Nc2ccc(CF)cc2)c2ccc(-c3ncccc3C)cc2n1. The molecule has 2 heterocycles. The maximum atomic E-state index is 12.8. The maximum Gasteiger partial charge on any atom is 0.157 e. The zero-order chi connectivity index (χ0) is 20.2. The van der Waals surface area contributed by atoms with E-state index < -0.39 is 6.67 Å². The smallest absolute Gasteiger partial charge is 0.157 e. The van der Waals surface area contributed by atoms with Crippen molar-refractivity contribution in [1.82, 2.24) is 15.0 Å². The van der Waals surface area contributed by atoms with E-state index >= 15 is 0 Å². The van der Waals surface area contributed by atoms with Crippen LogP contribution in [0.3, 0.4) is 0 Å². The predicted molar refractivity (Wildman–Crippen MR) is 113 cm³/mol. The molecule has 4 aromatic rings. The summed E-state index contributed by atoms with van der Waals surface area (Å²) in [7, 11) is 1.62. The molecule has 0 fully saturated rings. The highest BCUT2D eigenvalue weighted by Gasteiger charge is 2.11. The van der Waals surface area contributed by atoms with Crippen LogP contribution in [-0.4, -0.2) is 22.1 Å². The van der Waals surface area contributed by atoms with Crippen LogP contribution in [0.1, 0.15) is 17.0 Å². The van der Waals surface area contributed by atoms with E-state index in [0.717, 1.165) is 33.4 Å². The molecule has 2 aromatic carbocycles. The number of aryl methyl sites for hydroxylation is 1. The molecule has 6 heteroatoms. The molecule has 0 bridgehead atoms. The van der Waals surface area contributed by atoms with Crippen molar-refractivity contribution in [3.05, 3.63) is 77.7 Å². The van der Waals surface area contributed by atoms with Crippen molar-refractivity contribution < 1.29 is 9.13 Å². The summed E-state index contributed by atoms with van der Waals surface area (Å²) in [5.74, 6) is 1.26. The first kappa shape index (κ1) is 19.0. The lowest BCUT2D eigenvalue weighted by atomic mass is 10.0. The number of fused-ring (bicyclic) bond motifs is 1. The van der Waals surface area contributed by atoms with E-state index in [1.165, 1.54) is 0 Å². The lowest BCUT2D eigenvalue weighted by Gasteiger charge is -2.12. The van der Waals surface area contributed by atoms with Crippen molar-refractivity contribution in [3.8, 4) is 11.3 Å². The molecular formula is C23H21FN4O. The molecule has 0 saturated carbocycles. The second kappa shape index (κ2) is 8.32. The van der Waals surface area contributed by atoms with Gasteiger partial charge in [0.25, 0.3) is 0 Å². The molecule has 0 spiro atoms. The molecule has 2 aromatic heterocycles. The van der Waals surface area contributed by atoms with Gasteiger partial charge in [0.2, 0.25) is 0 Å². The fourth-order valence-corrected chi connectivity index (χ4v) is 3.22. The Bertz CT molecular complexity index is 1150. The van der Waals surface area contributed by atoms with Crippen LogP contribution in [0.25, 0.3) is 22.2 Å². The lowest BCUT2D eigenvalue weighted by molar-refractivity contribution is 0.178. The molecule has 0 amide bonds. The molecule has 0 atom stereocenters. The zero-order valence-corrected chi connectivity index (χ0v) is 16.3. The topological polar surface area (TPSA) is 59.9 Å². The highest BCUT2D eigenvalue weighted by molar-refractivity contribution is 5.93. The molecule has 0 aliphatic heterocycles. The molecule has 4 rings (SSSR count). The third-order valence-corrected chi connectivity index (χ3v) is 4.67. The molecular weight excluding hydrogens is 367 g/mol. The van der Waals surface area contributed by atoms with Crippen LogP contribution in [0.5, 0.6) is 0 Å². The van der Waals surface area contributed by atoms with Crippen molar-refractivity contribution in [2.24, 2.45) is 0 Å². The average molecular weight is 388 g/mol. The number of nitrogens with zero attached hydrogens (tertiary/aromatic N) is 3. The van der Waals surface area contributed by atoms with Crippen LogP contribution < -0.4 is 5.32 Å². The van der Waals surface area contributed by atoms with E-state index in [1.807, 2.05) is 49.4 Å². The van der Waals surface area contributed by atoms with Crippen LogP contribution >= 0.6 is 0 Å². The summed E-state index contributed by atoms with van der Waals surface area (Å²) in [5.41, 5.74) is 5.30. The third kappa shape index (κ3) is 4.07. The van der Waals surface area contributed by atoms with Crippen molar-refractivity contribution in [2.75, 3.05) is 12.4 Å².